The molecule has 6 nitrogen and oxygen atoms in total. The van der Waals surface area contributed by atoms with Crippen LogP contribution in [0.2, 0.25) is 5.02 Å². The molecule has 0 saturated carbocycles. The third-order valence-corrected chi connectivity index (χ3v) is 6.01. The van der Waals surface area contributed by atoms with Crippen LogP contribution in [0.25, 0.3) is 0 Å². The van der Waals surface area contributed by atoms with Crippen molar-refractivity contribution in [3.63, 3.8) is 0 Å². The molecule has 1 aromatic carbocycles. The first-order valence-electron chi connectivity index (χ1n) is 8.97. The van der Waals surface area contributed by atoms with E-state index in [0.29, 0.717) is 23.7 Å². The number of anilines is 1. The lowest BCUT2D eigenvalue weighted by Crippen LogP contribution is -2.29. The van der Waals surface area contributed by atoms with Crippen molar-refractivity contribution in [3.8, 4) is 5.75 Å². The monoisotopic (exact) mass is 387 g/mol. The number of aromatic nitrogens is 1. The van der Waals surface area contributed by atoms with E-state index in [-0.39, 0.29) is 10.7 Å². The van der Waals surface area contributed by atoms with Crippen LogP contribution >= 0.6 is 11.6 Å². The van der Waals surface area contributed by atoms with Crippen LogP contribution < -0.4 is 9.64 Å². The molecular weight excluding hydrogens is 366 g/mol. The molecular formula is C20H22ClN3O3. The van der Waals surface area contributed by atoms with Gasteiger partial charge in [-0.3, -0.25) is 4.90 Å². The Kier molecular flexibility index (Phi) is 4.70. The van der Waals surface area contributed by atoms with Crippen molar-refractivity contribution in [3.05, 3.63) is 52.7 Å². The van der Waals surface area contributed by atoms with Gasteiger partial charge in [0.25, 0.3) is 0 Å². The van der Waals surface area contributed by atoms with E-state index in [1.54, 1.807) is 13.2 Å². The third-order valence-electron chi connectivity index (χ3n) is 5.71. The number of hydrogen-bond donors (Lipinski definition) is 1. The Morgan fingerprint density at radius 3 is 2.59 bits per heavy atom. The summed E-state index contributed by atoms with van der Waals surface area (Å²) in [5.74, 6) is 1.43. The van der Waals surface area contributed by atoms with Gasteiger partial charge in [0.05, 0.1) is 12.1 Å². The van der Waals surface area contributed by atoms with Crippen molar-refractivity contribution >= 4 is 23.4 Å². The number of pyridine rings is 1. The molecule has 2 fully saturated rings. The first kappa shape index (κ1) is 18.1. The summed E-state index contributed by atoms with van der Waals surface area (Å²) in [7, 11) is 3.84. The Labute approximate surface area is 163 Å². The molecule has 4 rings (SSSR count). The highest BCUT2D eigenvalue weighted by Gasteiger charge is 2.46. The number of carbonyl (C=O) groups is 1. The van der Waals surface area contributed by atoms with Crippen LogP contribution in [0.3, 0.4) is 0 Å². The van der Waals surface area contributed by atoms with Gasteiger partial charge in [-0.05, 0) is 42.8 Å². The lowest BCUT2D eigenvalue weighted by molar-refractivity contribution is 0.0691. The second-order valence-corrected chi connectivity index (χ2v) is 7.70. The number of nitrogens with zero attached hydrogens (tertiary/aromatic N) is 3. The molecule has 2 aromatic rings. The maximum absolute atomic E-state index is 11.3. The zero-order valence-electron chi connectivity index (χ0n) is 15.3. The Balaban J connectivity index is 1.57. The molecule has 7 heteroatoms. The van der Waals surface area contributed by atoms with E-state index in [1.807, 2.05) is 18.2 Å². The summed E-state index contributed by atoms with van der Waals surface area (Å²) >= 11 is 5.96. The number of halogens is 1. The molecule has 0 spiro atoms. The Morgan fingerprint density at radius 2 is 1.93 bits per heavy atom. The van der Waals surface area contributed by atoms with Crippen LogP contribution in [0, 0.1) is 11.8 Å². The molecule has 27 heavy (non-hydrogen) atoms. The predicted molar refractivity (Wildman–Crippen MR) is 104 cm³/mol. The van der Waals surface area contributed by atoms with Crippen molar-refractivity contribution in [2.75, 3.05) is 38.7 Å². The van der Waals surface area contributed by atoms with Crippen LogP contribution in [0.1, 0.15) is 22.1 Å². The molecule has 1 aromatic heterocycles. The summed E-state index contributed by atoms with van der Waals surface area (Å²) in [5, 5.41) is 9.45. The van der Waals surface area contributed by atoms with Crippen molar-refractivity contribution in [1.29, 1.82) is 0 Å². The van der Waals surface area contributed by atoms with Gasteiger partial charge in [-0.1, -0.05) is 23.7 Å². The van der Waals surface area contributed by atoms with Gasteiger partial charge < -0.3 is 14.7 Å². The van der Waals surface area contributed by atoms with Crippen LogP contribution in [-0.4, -0.2) is 54.8 Å². The van der Waals surface area contributed by atoms with E-state index < -0.39 is 5.97 Å². The highest BCUT2D eigenvalue weighted by atomic mass is 35.5. The summed E-state index contributed by atoms with van der Waals surface area (Å²) in [6, 6.07) is 12.0. The normalized spacial score (nSPS) is 24.9. The number of likely N-dealkylation sites (tertiary alicyclic amines) is 1. The number of hydrogen-bond acceptors (Lipinski definition) is 5. The number of fused-ring (bicyclic) bond motifs is 1. The number of ether oxygens (including phenoxy) is 1. The smallest absolute Gasteiger partial charge is 0.356 e. The minimum Gasteiger partial charge on any atom is -0.497 e. The van der Waals surface area contributed by atoms with Gasteiger partial charge in [-0.25, -0.2) is 9.78 Å². The first-order chi connectivity index (χ1) is 13.0. The molecule has 0 amide bonds. The number of rotatable bonds is 4. The van der Waals surface area contributed by atoms with E-state index in [0.717, 1.165) is 25.4 Å². The third kappa shape index (κ3) is 3.24. The fraction of sp³-hybridized carbons (Fsp3) is 0.400. The zero-order chi connectivity index (χ0) is 19.1. The molecule has 1 N–H and O–H groups in total. The molecule has 0 radical (unpaired) electrons. The SMILES string of the molecule is COc1ccc([C@@H]2[C@@H]3CN(c4ccc(Cl)c(C(=O)O)n4)C[C@@H]3CN2C)cc1. The standard InChI is InChI=1S/C20H22ClN3O3/c1-23-9-13-10-24(17-8-7-16(21)18(22-17)20(25)26)11-15(13)19(23)12-3-5-14(27-2)6-4-12/h3-8,13,15,19H,9-11H2,1-2H3,(H,25,26)/t13-,15+,19+/m0/s1. The van der Waals surface area contributed by atoms with Crippen molar-refractivity contribution in [2.24, 2.45) is 11.8 Å². The molecule has 3 heterocycles. The van der Waals surface area contributed by atoms with E-state index in [2.05, 4.69) is 34.0 Å². The molecule has 2 aliphatic heterocycles. The molecule has 2 aliphatic rings. The maximum Gasteiger partial charge on any atom is 0.356 e. The number of carboxylic acids is 1. The van der Waals surface area contributed by atoms with Gasteiger partial charge in [0.2, 0.25) is 0 Å². The van der Waals surface area contributed by atoms with Crippen LogP contribution in [0.4, 0.5) is 5.82 Å². The van der Waals surface area contributed by atoms with Crippen LogP contribution in [0.15, 0.2) is 36.4 Å². The van der Waals surface area contributed by atoms with Crippen molar-refractivity contribution in [2.45, 2.75) is 6.04 Å². The van der Waals surface area contributed by atoms with Gasteiger partial charge in [-0.15, -0.1) is 0 Å². The van der Waals surface area contributed by atoms with Gasteiger partial charge in [0, 0.05) is 31.6 Å². The average molecular weight is 388 g/mol. The average Bonchev–Trinajstić information content (AvgIpc) is 3.18. The second kappa shape index (κ2) is 7.02. The Bertz CT molecular complexity index is 858. The predicted octanol–water partition coefficient (Wildman–Crippen LogP) is 3.18. The Hall–Kier alpha value is -2.31. The minimum absolute atomic E-state index is 0.0879. The lowest BCUT2D eigenvalue weighted by Gasteiger charge is -2.27. The van der Waals surface area contributed by atoms with Gasteiger partial charge in [0.15, 0.2) is 5.69 Å². The quantitative estimate of drug-likeness (QED) is 0.869. The highest BCUT2D eigenvalue weighted by Crippen LogP contribution is 2.45. The summed E-state index contributed by atoms with van der Waals surface area (Å²) in [6.45, 7) is 2.73. The molecule has 3 atom stereocenters. The minimum atomic E-state index is -1.10. The lowest BCUT2D eigenvalue weighted by atomic mass is 9.89. The summed E-state index contributed by atoms with van der Waals surface area (Å²) in [6.07, 6.45) is 0. The van der Waals surface area contributed by atoms with Crippen LogP contribution in [-0.2, 0) is 0 Å². The molecule has 2 saturated heterocycles. The second-order valence-electron chi connectivity index (χ2n) is 7.29. The molecule has 0 bridgehead atoms. The summed E-state index contributed by atoms with van der Waals surface area (Å²) < 4.78 is 5.27. The van der Waals surface area contributed by atoms with Gasteiger partial charge in [0.1, 0.15) is 11.6 Å². The summed E-state index contributed by atoms with van der Waals surface area (Å²) in [5.41, 5.74) is 1.19. The molecule has 0 unspecified atom stereocenters. The Morgan fingerprint density at radius 1 is 1.19 bits per heavy atom. The van der Waals surface area contributed by atoms with Crippen molar-refractivity contribution in [1.82, 2.24) is 9.88 Å². The number of aromatic carboxylic acids is 1. The highest BCUT2D eigenvalue weighted by molar-refractivity contribution is 6.33. The van der Waals surface area contributed by atoms with E-state index in [4.69, 9.17) is 16.3 Å². The molecule has 0 aliphatic carbocycles. The van der Waals surface area contributed by atoms with Gasteiger partial charge in [-0.2, -0.15) is 0 Å². The topological polar surface area (TPSA) is 65.9 Å². The fourth-order valence-electron chi connectivity index (χ4n) is 4.51. The van der Waals surface area contributed by atoms with E-state index in [1.165, 1.54) is 5.56 Å². The summed E-state index contributed by atoms with van der Waals surface area (Å²) in [4.78, 5) is 20.2. The van der Waals surface area contributed by atoms with Gasteiger partial charge >= 0.3 is 5.97 Å². The van der Waals surface area contributed by atoms with E-state index >= 15 is 0 Å². The number of carboxylic acid groups (broad SMARTS) is 1. The zero-order valence-corrected chi connectivity index (χ0v) is 16.1. The van der Waals surface area contributed by atoms with E-state index in [9.17, 15) is 9.90 Å². The first-order valence-corrected chi connectivity index (χ1v) is 9.34. The van der Waals surface area contributed by atoms with Crippen molar-refractivity contribution < 1.29 is 14.6 Å². The van der Waals surface area contributed by atoms with Crippen LogP contribution in [0.5, 0.6) is 5.75 Å². The number of methoxy groups -OCH3 is 1. The fourth-order valence-corrected chi connectivity index (χ4v) is 4.69. The molecule has 142 valence electrons. The maximum atomic E-state index is 11.3. The largest absolute Gasteiger partial charge is 0.497 e. The number of benzene rings is 1.